The zero-order valence-corrected chi connectivity index (χ0v) is 11.9. The summed E-state index contributed by atoms with van der Waals surface area (Å²) in [4.78, 5) is 14.1. The number of nitrogens with zero attached hydrogens (tertiary/aromatic N) is 1. The van der Waals surface area contributed by atoms with E-state index < -0.39 is 0 Å². The van der Waals surface area contributed by atoms with Crippen LogP contribution in [0.5, 0.6) is 0 Å². The maximum Gasteiger partial charge on any atom is 0.340 e. The Kier molecular flexibility index (Phi) is 4.60. The van der Waals surface area contributed by atoms with Gasteiger partial charge in [-0.05, 0) is 25.1 Å². The third kappa shape index (κ3) is 3.03. The molecule has 1 heterocycles. The van der Waals surface area contributed by atoms with E-state index in [1.54, 1.807) is 6.07 Å². The first-order valence-electron chi connectivity index (χ1n) is 6.01. The Balaban J connectivity index is 2.30. The van der Waals surface area contributed by atoms with E-state index in [1.807, 2.05) is 19.1 Å². The Morgan fingerprint density at radius 3 is 2.83 bits per heavy atom. The average molecular weight is 314 g/mol. The highest BCUT2D eigenvalue weighted by Gasteiger charge is 2.19. The number of halogens is 1. The second-order valence-electron chi connectivity index (χ2n) is 3.98. The normalized spacial score (nSPS) is 15.6. The molecule has 1 aliphatic rings. The molecule has 0 N–H and O–H groups in total. The molecule has 1 aromatic rings. The fraction of sp³-hybridized carbons (Fsp3) is 0.462. The molecule has 5 heteroatoms. The number of hydrogen-bond acceptors (Lipinski definition) is 4. The fourth-order valence-electron chi connectivity index (χ4n) is 1.95. The van der Waals surface area contributed by atoms with Crippen molar-refractivity contribution in [1.82, 2.24) is 0 Å². The molecule has 4 nitrogen and oxygen atoms in total. The number of anilines is 1. The number of morpholine rings is 1. The minimum Gasteiger partial charge on any atom is -0.462 e. The molecule has 0 saturated carbocycles. The predicted molar refractivity (Wildman–Crippen MR) is 73.1 cm³/mol. The summed E-state index contributed by atoms with van der Waals surface area (Å²) < 4.78 is 11.4. The molecule has 1 aromatic carbocycles. The molecule has 0 spiro atoms. The van der Waals surface area contributed by atoms with E-state index >= 15 is 0 Å². The topological polar surface area (TPSA) is 38.8 Å². The summed E-state index contributed by atoms with van der Waals surface area (Å²) in [6, 6.07) is 5.61. The Bertz CT molecular complexity index is 430. The largest absolute Gasteiger partial charge is 0.462 e. The zero-order valence-electron chi connectivity index (χ0n) is 10.3. The van der Waals surface area contributed by atoms with Gasteiger partial charge in [0.15, 0.2) is 0 Å². The SMILES string of the molecule is CCOC(=O)c1ccc(Br)cc1N1CCOCC1. The Morgan fingerprint density at radius 1 is 1.44 bits per heavy atom. The van der Waals surface area contributed by atoms with E-state index in [2.05, 4.69) is 20.8 Å². The summed E-state index contributed by atoms with van der Waals surface area (Å²) in [5, 5.41) is 0. The van der Waals surface area contributed by atoms with E-state index in [-0.39, 0.29) is 5.97 Å². The lowest BCUT2D eigenvalue weighted by Gasteiger charge is -2.30. The molecular formula is C13H16BrNO3. The van der Waals surface area contributed by atoms with E-state index in [0.29, 0.717) is 25.4 Å². The lowest BCUT2D eigenvalue weighted by atomic mass is 10.1. The molecule has 1 aliphatic heterocycles. The minimum absolute atomic E-state index is 0.272. The van der Waals surface area contributed by atoms with Gasteiger partial charge in [0.2, 0.25) is 0 Å². The lowest BCUT2D eigenvalue weighted by molar-refractivity contribution is 0.0526. The lowest BCUT2D eigenvalue weighted by Crippen LogP contribution is -2.37. The number of carbonyl (C=O) groups is 1. The number of rotatable bonds is 3. The van der Waals surface area contributed by atoms with E-state index in [4.69, 9.17) is 9.47 Å². The second kappa shape index (κ2) is 6.20. The number of ether oxygens (including phenoxy) is 2. The zero-order chi connectivity index (χ0) is 13.0. The molecule has 2 rings (SSSR count). The van der Waals surface area contributed by atoms with Crippen LogP contribution in [0.2, 0.25) is 0 Å². The van der Waals surface area contributed by atoms with Gasteiger partial charge in [0.1, 0.15) is 0 Å². The standard InChI is InChI=1S/C13H16BrNO3/c1-2-18-13(16)11-4-3-10(14)9-12(11)15-5-7-17-8-6-15/h3-4,9H,2,5-8H2,1H3. The monoisotopic (exact) mass is 313 g/mol. The van der Waals surface area contributed by atoms with Gasteiger partial charge in [-0.2, -0.15) is 0 Å². The first-order valence-corrected chi connectivity index (χ1v) is 6.81. The van der Waals surface area contributed by atoms with Crippen LogP contribution in [0.25, 0.3) is 0 Å². The molecule has 0 bridgehead atoms. The van der Waals surface area contributed by atoms with Crippen LogP contribution in [0, 0.1) is 0 Å². The summed E-state index contributed by atoms with van der Waals surface area (Å²) in [5.74, 6) is -0.272. The molecule has 0 amide bonds. The van der Waals surface area contributed by atoms with Crippen molar-refractivity contribution in [3.8, 4) is 0 Å². The van der Waals surface area contributed by atoms with Crippen LogP contribution in [-0.2, 0) is 9.47 Å². The molecule has 0 radical (unpaired) electrons. The van der Waals surface area contributed by atoms with Crippen molar-refractivity contribution < 1.29 is 14.3 Å². The molecule has 0 aliphatic carbocycles. The predicted octanol–water partition coefficient (Wildman–Crippen LogP) is 2.46. The average Bonchev–Trinajstić information content (AvgIpc) is 2.40. The van der Waals surface area contributed by atoms with Crippen molar-refractivity contribution in [3.63, 3.8) is 0 Å². The van der Waals surface area contributed by atoms with Crippen molar-refractivity contribution in [2.24, 2.45) is 0 Å². The quantitative estimate of drug-likeness (QED) is 0.804. The second-order valence-corrected chi connectivity index (χ2v) is 4.90. The van der Waals surface area contributed by atoms with Crippen molar-refractivity contribution in [3.05, 3.63) is 28.2 Å². The molecule has 18 heavy (non-hydrogen) atoms. The van der Waals surface area contributed by atoms with Gasteiger partial charge in [0.25, 0.3) is 0 Å². The number of benzene rings is 1. The van der Waals surface area contributed by atoms with Crippen LogP contribution < -0.4 is 4.90 Å². The van der Waals surface area contributed by atoms with Gasteiger partial charge >= 0.3 is 5.97 Å². The maximum absolute atomic E-state index is 11.9. The highest BCUT2D eigenvalue weighted by Crippen LogP contribution is 2.26. The smallest absolute Gasteiger partial charge is 0.340 e. The maximum atomic E-state index is 11.9. The fourth-order valence-corrected chi connectivity index (χ4v) is 2.30. The first kappa shape index (κ1) is 13.4. The van der Waals surface area contributed by atoms with Crippen LogP contribution in [0.15, 0.2) is 22.7 Å². The van der Waals surface area contributed by atoms with Crippen LogP contribution >= 0.6 is 15.9 Å². The van der Waals surface area contributed by atoms with E-state index in [1.165, 1.54) is 0 Å². The Morgan fingerprint density at radius 2 is 2.17 bits per heavy atom. The summed E-state index contributed by atoms with van der Waals surface area (Å²) in [6.07, 6.45) is 0. The number of hydrogen-bond donors (Lipinski definition) is 0. The van der Waals surface area contributed by atoms with Gasteiger partial charge in [-0.25, -0.2) is 4.79 Å². The van der Waals surface area contributed by atoms with Crippen molar-refractivity contribution in [2.45, 2.75) is 6.92 Å². The van der Waals surface area contributed by atoms with Gasteiger partial charge in [0, 0.05) is 17.6 Å². The third-order valence-electron chi connectivity index (χ3n) is 2.81. The van der Waals surface area contributed by atoms with Gasteiger partial charge in [-0.15, -0.1) is 0 Å². The molecule has 0 aromatic heterocycles. The molecule has 1 saturated heterocycles. The van der Waals surface area contributed by atoms with Crippen molar-refractivity contribution in [2.75, 3.05) is 37.8 Å². The Hall–Kier alpha value is -1.07. The summed E-state index contributed by atoms with van der Waals surface area (Å²) >= 11 is 3.44. The molecule has 98 valence electrons. The summed E-state index contributed by atoms with van der Waals surface area (Å²) in [5.41, 5.74) is 1.52. The van der Waals surface area contributed by atoms with Gasteiger partial charge in [0.05, 0.1) is 31.1 Å². The minimum atomic E-state index is -0.272. The highest BCUT2D eigenvalue weighted by atomic mass is 79.9. The molecule has 1 fully saturated rings. The molecule has 0 unspecified atom stereocenters. The summed E-state index contributed by atoms with van der Waals surface area (Å²) in [7, 11) is 0. The third-order valence-corrected chi connectivity index (χ3v) is 3.30. The number of esters is 1. The van der Waals surface area contributed by atoms with E-state index in [0.717, 1.165) is 23.2 Å². The highest BCUT2D eigenvalue weighted by molar-refractivity contribution is 9.10. The van der Waals surface area contributed by atoms with Gasteiger partial charge in [-0.3, -0.25) is 0 Å². The van der Waals surface area contributed by atoms with Crippen molar-refractivity contribution in [1.29, 1.82) is 0 Å². The van der Waals surface area contributed by atoms with Crippen LogP contribution in [0.3, 0.4) is 0 Å². The molecule has 0 atom stereocenters. The van der Waals surface area contributed by atoms with Crippen molar-refractivity contribution >= 4 is 27.6 Å². The van der Waals surface area contributed by atoms with Crippen LogP contribution in [0.1, 0.15) is 17.3 Å². The summed E-state index contributed by atoms with van der Waals surface area (Å²) in [6.45, 7) is 5.16. The van der Waals surface area contributed by atoms with Crippen LogP contribution in [-0.4, -0.2) is 38.9 Å². The number of carbonyl (C=O) groups excluding carboxylic acids is 1. The van der Waals surface area contributed by atoms with Crippen LogP contribution in [0.4, 0.5) is 5.69 Å². The van der Waals surface area contributed by atoms with Gasteiger partial charge < -0.3 is 14.4 Å². The molecular weight excluding hydrogens is 298 g/mol. The Labute approximate surface area is 115 Å². The van der Waals surface area contributed by atoms with E-state index in [9.17, 15) is 4.79 Å². The van der Waals surface area contributed by atoms with Gasteiger partial charge in [-0.1, -0.05) is 15.9 Å². The first-order chi connectivity index (χ1) is 8.72.